The van der Waals surface area contributed by atoms with Crippen molar-refractivity contribution >= 4 is 35.2 Å². The van der Waals surface area contributed by atoms with Gasteiger partial charge in [-0.25, -0.2) is 0 Å². The SMILES string of the molecule is NC(=O)CCC(=O)Nc1cccc2c1CN(C1CCC(=O)NC1=O)C2=O. The second-order valence-corrected chi connectivity index (χ2v) is 6.25. The molecule has 0 saturated carbocycles. The monoisotopic (exact) mass is 358 g/mol. The molecule has 2 heterocycles. The zero-order chi connectivity index (χ0) is 18.8. The first-order chi connectivity index (χ1) is 12.4. The van der Waals surface area contributed by atoms with Gasteiger partial charge in [-0.2, -0.15) is 0 Å². The van der Waals surface area contributed by atoms with Crippen LogP contribution in [0.15, 0.2) is 18.2 Å². The minimum atomic E-state index is -0.717. The van der Waals surface area contributed by atoms with Gasteiger partial charge in [0.15, 0.2) is 0 Å². The van der Waals surface area contributed by atoms with E-state index in [1.807, 2.05) is 0 Å². The molecule has 2 aliphatic rings. The topological polar surface area (TPSA) is 139 Å². The summed E-state index contributed by atoms with van der Waals surface area (Å²) in [6.45, 7) is 0.159. The predicted molar refractivity (Wildman–Crippen MR) is 89.5 cm³/mol. The molecule has 1 aromatic carbocycles. The number of nitrogens with zero attached hydrogens (tertiary/aromatic N) is 1. The molecule has 1 unspecified atom stereocenters. The molecule has 0 bridgehead atoms. The van der Waals surface area contributed by atoms with E-state index in [4.69, 9.17) is 5.73 Å². The number of piperidine rings is 1. The number of nitrogens with two attached hydrogens (primary N) is 1. The van der Waals surface area contributed by atoms with Gasteiger partial charge < -0.3 is 16.0 Å². The lowest BCUT2D eigenvalue weighted by molar-refractivity contribution is -0.137. The van der Waals surface area contributed by atoms with Crippen LogP contribution in [-0.4, -0.2) is 40.5 Å². The molecule has 1 fully saturated rings. The maximum atomic E-state index is 12.7. The van der Waals surface area contributed by atoms with Gasteiger partial charge in [0, 0.05) is 42.6 Å². The average Bonchev–Trinajstić information content (AvgIpc) is 2.91. The minimum absolute atomic E-state index is 0.0518. The number of benzene rings is 1. The van der Waals surface area contributed by atoms with Gasteiger partial charge in [0.2, 0.25) is 23.6 Å². The van der Waals surface area contributed by atoms with Crippen molar-refractivity contribution in [2.75, 3.05) is 5.32 Å². The van der Waals surface area contributed by atoms with Crippen LogP contribution in [0.4, 0.5) is 5.69 Å². The smallest absolute Gasteiger partial charge is 0.255 e. The first-order valence-electron chi connectivity index (χ1n) is 8.21. The molecule has 0 aromatic heterocycles. The number of primary amides is 1. The molecule has 1 saturated heterocycles. The maximum Gasteiger partial charge on any atom is 0.255 e. The largest absolute Gasteiger partial charge is 0.370 e. The molecule has 0 spiro atoms. The van der Waals surface area contributed by atoms with Crippen LogP contribution in [0.1, 0.15) is 41.6 Å². The van der Waals surface area contributed by atoms with Crippen molar-refractivity contribution in [2.24, 2.45) is 5.73 Å². The molecular weight excluding hydrogens is 340 g/mol. The summed E-state index contributed by atoms with van der Waals surface area (Å²) in [5.41, 5.74) is 6.50. The van der Waals surface area contributed by atoms with E-state index >= 15 is 0 Å². The number of fused-ring (bicyclic) bond motifs is 1. The highest BCUT2D eigenvalue weighted by atomic mass is 16.2. The molecular formula is C17H18N4O5. The third-order valence-corrected chi connectivity index (χ3v) is 4.45. The van der Waals surface area contributed by atoms with Crippen LogP contribution < -0.4 is 16.4 Å². The van der Waals surface area contributed by atoms with Gasteiger partial charge in [-0.05, 0) is 18.6 Å². The highest BCUT2D eigenvalue weighted by molar-refractivity contribution is 6.06. The molecule has 1 atom stereocenters. The molecule has 5 amide bonds. The number of rotatable bonds is 5. The zero-order valence-electron chi connectivity index (χ0n) is 13.9. The third kappa shape index (κ3) is 3.41. The highest BCUT2D eigenvalue weighted by Crippen LogP contribution is 2.32. The summed E-state index contributed by atoms with van der Waals surface area (Å²) in [4.78, 5) is 60.2. The van der Waals surface area contributed by atoms with E-state index in [1.165, 1.54) is 4.90 Å². The van der Waals surface area contributed by atoms with Gasteiger partial charge >= 0.3 is 0 Å². The quantitative estimate of drug-likeness (QED) is 0.618. The Balaban J connectivity index is 1.77. The Labute approximate surface area is 148 Å². The fourth-order valence-corrected chi connectivity index (χ4v) is 3.15. The Kier molecular flexibility index (Phi) is 4.70. The Morgan fingerprint density at radius 1 is 1.23 bits per heavy atom. The van der Waals surface area contributed by atoms with Crippen LogP contribution in [0.5, 0.6) is 0 Å². The standard InChI is InChI=1S/C17H18N4O5/c18-13(22)5-7-14(23)19-11-3-1-2-9-10(11)8-21(17(9)26)12-4-6-15(24)20-16(12)25/h1-3,12H,4-8H2,(H2,18,22)(H,19,23)(H,20,24,25). The van der Waals surface area contributed by atoms with Gasteiger partial charge in [-0.3, -0.25) is 29.3 Å². The van der Waals surface area contributed by atoms with E-state index in [0.717, 1.165) is 0 Å². The van der Waals surface area contributed by atoms with Gasteiger partial charge in [0.25, 0.3) is 5.91 Å². The lowest BCUT2D eigenvalue weighted by Crippen LogP contribution is -2.52. The normalized spacial score (nSPS) is 19.2. The molecule has 136 valence electrons. The molecule has 2 aliphatic heterocycles. The Bertz CT molecular complexity index is 819. The lowest BCUT2D eigenvalue weighted by atomic mass is 10.0. The second-order valence-electron chi connectivity index (χ2n) is 6.25. The Morgan fingerprint density at radius 2 is 2.00 bits per heavy atom. The number of hydrogen-bond donors (Lipinski definition) is 3. The number of carbonyl (C=O) groups is 5. The molecule has 26 heavy (non-hydrogen) atoms. The number of hydrogen-bond acceptors (Lipinski definition) is 5. The lowest BCUT2D eigenvalue weighted by Gasteiger charge is -2.29. The maximum absolute atomic E-state index is 12.7. The van der Waals surface area contributed by atoms with Crippen LogP contribution in [-0.2, 0) is 25.7 Å². The molecule has 4 N–H and O–H groups in total. The van der Waals surface area contributed by atoms with Crippen molar-refractivity contribution in [3.63, 3.8) is 0 Å². The summed E-state index contributed by atoms with van der Waals surface area (Å²) < 4.78 is 0. The van der Waals surface area contributed by atoms with Gasteiger partial charge in [-0.15, -0.1) is 0 Å². The number of carbonyl (C=O) groups excluding carboxylic acids is 5. The summed E-state index contributed by atoms with van der Waals surface area (Å²) in [5.74, 6) is -2.11. The number of nitrogens with one attached hydrogen (secondary N) is 2. The van der Waals surface area contributed by atoms with Crippen LogP contribution >= 0.6 is 0 Å². The molecule has 9 heteroatoms. The van der Waals surface area contributed by atoms with Crippen molar-refractivity contribution < 1.29 is 24.0 Å². The first kappa shape index (κ1) is 17.6. The van der Waals surface area contributed by atoms with Gasteiger partial charge in [0.05, 0.1) is 0 Å². The van der Waals surface area contributed by atoms with Crippen molar-refractivity contribution in [1.82, 2.24) is 10.2 Å². The number of amides is 5. The number of anilines is 1. The summed E-state index contributed by atoms with van der Waals surface area (Å²) in [6, 6.07) is 4.20. The van der Waals surface area contributed by atoms with Crippen molar-refractivity contribution in [2.45, 2.75) is 38.3 Å². The predicted octanol–water partition coefficient (Wildman–Crippen LogP) is -0.348. The number of imide groups is 1. The summed E-state index contributed by atoms with van der Waals surface area (Å²) in [6.07, 6.45) is 0.323. The van der Waals surface area contributed by atoms with E-state index in [0.29, 0.717) is 16.8 Å². The van der Waals surface area contributed by atoms with Gasteiger partial charge in [0.1, 0.15) is 6.04 Å². The molecule has 0 aliphatic carbocycles. The highest BCUT2D eigenvalue weighted by Gasteiger charge is 2.39. The van der Waals surface area contributed by atoms with Crippen molar-refractivity contribution in [3.8, 4) is 0 Å². The zero-order valence-corrected chi connectivity index (χ0v) is 13.9. The summed E-state index contributed by atoms with van der Waals surface area (Å²) >= 11 is 0. The molecule has 9 nitrogen and oxygen atoms in total. The third-order valence-electron chi connectivity index (χ3n) is 4.45. The van der Waals surface area contributed by atoms with E-state index in [1.54, 1.807) is 18.2 Å². The van der Waals surface area contributed by atoms with Gasteiger partial charge in [-0.1, -0.05) is 6.07 Å². The second kappa shape index (κ2) is 6.95. The molecule has 3 rings (SSSR count). The first-order valence-corrected chi connectivity index (χ1v) is 8.21. The van der Waals surface area contributed by atoms with E-state index in [2.05, 4.69) is 10.6 Å². The van der Waals surface area contributed by atoms with E-state index in [-0.39, 0.29) is 49.9 Å². The summed E-state index contributed by atoms with van der Waals surface area (Å²) in [5, 5.41) is 4.92. The summed E-state index contributed by atoms with van der Waals surface area (Å²) in [7, 11) is 0. The van der Waals surface area contributed by atoms with E-state index < -0.39 is 17.9 Å². The Hall–Kier alpha value is -3.23. The fourth-order valence-electron chi connectivity index (χ4n) is 3.15. The fraction of sp³-hybridized carbons (Fsp3) is 0.353. The minimum Gasteiger partial charge on any atom is -0.370 e. The average molecular weight is 358 g/mol. The van der Waals surface area contributed by atoms with Crippen LogP contribution in [0.2, 0.25) is 0 Å². The Morgan fingerprint density at radius 3 is 2.69 bits per heavy atom. The van der Waals surface area contributed by atoms with Crippen LogP contribution in [0, 0.1) is 0 Å². The van der Waals surface area contributed by atoms with Crippen molar-refractivity contribution in [3.05, 3.63) is 29.3 Å². The van der Waals surface area contributed by atoms with Crippen LogP contribution in [0.3, 0.4) is 0 Å². The van der Waals surface area contributed by atoms with Crippen molar-refractivity contribution in [1.29, 1.82) is 0 Å². The molecule has 0 radical (unpaired) electrons. The molecule has 1 aromatic rings. The van der Waals surface area contributed by atoms with E-state index in [9.17, 15) is 24.0 Å². The van der Waals surface area contributed by atoms with Crippen LogP contribution in [0.25, 0.3) is 0 Å².